The molecule has 1 aliphatic heterocycles. The largest absolute Gasteiger partial charge is 0.396 e. The highest BCUT2D eigenvalue weighted by Crippen LogP contribution is 2.67. The van der Waals surface area contributed by atoms with Gasteiger partial charge in [-0.25, -0.2) is 0 Å². The van der Waals surface area contributed by atoms with E-state index in [1.54, 1.807) is 7.11 Å². The predicted molar refractivity (Wildman–Crippen MR) is 239 cm³/mol. The van der Waals surface area contributed by atoms with Crippen LogP contribution in [-0.2, 0) is 27.1 Å². The first-order valence-corrected chi connectivity index (χ1v) is 22.3. The Morgan fingerprint density at radius 2 is 1.93 bits per heavy atom. The van der Waals surface area contributed by atoms with Gasteiger partial charge in [-0.2, -0.15) is 0 Å². The average Bonchev–Trinajstić information content (AvgIpc) is 3.59. The number of aliphatic hydroxyl groups excluding tert-OH is 5. The van der Waals surface area contributed by atoms with Crippen molar-refractivity contribution < 1.29 is 44.9 Å². The van der Waals surface area contributed by atoms with Crippen molar-refractivity contribution >= 4 is 6.29 Å². The van der Waals surface area contributed by atoms with E-state index in [0.717, 1.165) is 47.8 Å². The third kappa shape index (κ3) is 11.2. The molecule has 11 heteroatoms. The molecule has 0 unspecified atom stereocenters. The third-order valence-corrected chi connectivity index (χ3v) is 14.4. The van der Waals surface area contributed by atoms with E-state index in [4.69, 9.17) is 9.47 Å². The van der Waals surface area contributed by atoms with Gasteiger partial charge in [0.05, 0.1) is 31.5 Å². The lowest BCUT2D eigenvalue weighted by molar-refractivity contribution is -0.194. The minimum atomic E-state index is -1.28. The number of aldehydes is 1. The van der Waals surface area contributed by atoms with Crippen molar-refractivity contribution in [1.82, 2.24) is 10.6 Å². The molecule has 1 heterocycles. The second-order valence-electron chi connectivity index (χ2n) is 18.6. The number of fused-ring (bicyclic) bond motifs is 5. The maximum atomic E-state index is 12.9. The van der Waals surface area contributed by atoms with Crippen LogP contribution in [0.3, 0.4) is 0 Å². The highest BCUT2D eigenvalue weighted by molar-refractivity contribution is 5.74. The Morgan fingerprint density at radius 3 is 2.64 bits per heavy atom. The minimum absolute atomic E-state index is 0.0209. The average molecular weight is 847 g/mol. The monoisotopic (exact) mass is 847 g/mol. The second kappa shape index (κ2) is 22.0. The standard InChI is InChI=1S/C50H74N2O9/c1-33(39-14-13-34(2)47(58)52-48(4,21-24-60-6)27-37-11-8-10-36(25-37)26-39)9-7-12-41(31-61-32-42(56)30-55)43-17-19-50(46(43)57)45-38(18-23-53)15-16-40(44(45)35(3)29-54)28-49(50,59)20-22-51-5/h7-13,15-16,25,29,38-40,42-43,45-47,51-53,55-59H,1,14,17-24,26-28,30-32H2,2-6H3/t38-,39-,40-,42+,43+,45+,46+,47+,48-,49+,50+/m0/s1. The van der Waals surface area contributed by atoms with Crippen LogP contribution < -0.4 is 10.6 Å². The van der Waals surface area contributed by atoms with E-state index >= 15 is 0 Å². The number of carbonyl (C=O) groups excluding carboxylic acids is 1. The van der Waals surface area contributed by atoms with Crippen LogP contribution in [0.25, 0.3) is 0 Å². The molecule has 4 aliphatic rings. The number of carbonyl (C=O) groups is 1. The maximum Gasteiger partial charge on any atom is 0.145 e. The Kier molecular flexibility index (Phi) is 17.7. The predicted octanol–water partition coefficient (Wildman–Crippen LogP) is 4.67. The fraction of sp³-hybridized carbons (Fsp3) is 0.620. The zero-order chi connectivity index (χ0) is 44.4. The Bertz CT molecular complexity index is 1800. The van der Waals surface area contributed by atoms with Crippen LogP contribution >= 0.6 is 0 Å². The molecule has 338 valence electrons. The van der Waals surface area contributed by atoms with Gasteiger partial charge in [0.2, 0.25) is 0 Å². The Labute approximate surface area is 364 Å². The van der Waals surface area contributed by atoms with Crippen molar-refractivity contribution in [2.75, 3.05) is 53.7 Å². The number of hydrogen-bond donors (Lipinski definition) is 8. The van der Waals surface area contributed by atoms with Gasteiger partial charge in [0.1, 0.15) is 18.6 Å². The summed E-state index contributed by atoms with van der Waals surface area (Å²) in [6.45, 7) is 11.0. The summed E-state index contributed by atoms with van der Waals surface area (Å²) in [7, 11) is 3.54. The van der Waals surface area contributed by atoms with E-state index in [9.17, 15) is 35.4 Å². The van der Waals surface area contributed by atoms with Gasteiger partial charge in [-0.1, -0.05) is 78.4 Å². The number of hydrogen-bond acceptors (Lipinski definition) is 11. The highest BCUT2D eigenvalue weighted by atomic mass is 16.5. The lowest BCUT2D eigenvalue weighted by atomic mass is 9.45. The Balaban J connectivity index is 1.50. The summed E-state index contributed by atoms with van der Waals surface area (Å²) in [6, 6.07) is 8.60. The van der Waals surface area contributed by atoms with Gasteiger partial charge in [0.25, 0.3) is 0 Å². The van der Waals surface area contributed by atoms with Crippen LogP contribution in [0.15, 0.2) is 95.2 Å². The summed E-state index contributed by atoms with van der Waals surface area (Å²) in [5, 5.41) is 73.7. The van der Waals surface area contributed by atoms with Gasteiger partial charge in [-0.15, -0.1) is 0 Å². The minimum Gasteiger partial charge on any atom is -0.396 e. The molecule has 11 nitrogen and oxygen atoms in total. The molecule has 2 fully saturated rings. The van der Waals surface area contributed by atoms with Gasteiger partial charge in [0, 0.05) is 43.1 Å². The van der Waals surface area contributed by atoms with Crippen molar-refractivity contribution in [3.8, 4) is 0 Å². The number of benzene rings is 1. The normalized spacial score (nSPS) is 34.5. The van der Waals surface area contributed by atoms with E-state index < -0.39 is 42.0 Å². The molecule has 5 rings (SSSR count). The molecule has 1 aromatic rings. The molecule has 0 saturated heterocycles. The fourth-order valence-corrected chi connectivity index (χ4v) is 11.1. The van der Waals surface area contributed by atoms with Crippen LogP contribution in [0.1, 0.15) is 76.8 Å². The molecule has 8 N–H and O–H groups in total. The SMILES string of the molecule is C=C(C=CC=C(COC[C@H](O)CO)[C@H]1CC[C@]2([C@@H]1O)[C@H]1C(=C(C)C=O)[C@@H](C=C[C@H]1CCO)C[C@]2(O)CCNC)[C@H]1CC=C(C)[C@@H](O)N[C@@](C)(CCOC)Cc2cccc(c2)C1. The summed E-state index contributed by atoms with van der Waals surface area (Å²) in [5.41, 5.74) is 3.76. The smallest absolute Gasteiger partial charge is 0.145 e. The van der Waals surface area contributed by atoms with Crippen molar-refractivity contribution in [2.45, 2.75) is 108 Å². The lowest BCUT2D eigenvalue weighted by Gasteiger charge is -2.61. The van der Waals surface area contributed by atoms with Gasteiger partial charge >= 0.3 is 0 Å². The van der Waals surface area contributed by atoms with E-state index in [-0.39, 0.29) is 49.0 Å². The van der Waals surface area contributed by atoms with Gasteiger partial charge in [0.15, 0.2) is 0 Å². The highest BCUT2D eigenvalue weighted by Gasteiger charge is 2.68. The lowest BCUT2D eigenvalue weighted by Crippen LogP contribution is -2.65. The summed E-state index contributed by atoms with van der Waals surface area (Å²) in [6.07, 6.45) is 15.2. The van der Waals surface area contributed by atoms with E-state index in [1.165, 1.54) is 11.1 Å². The van der Waals surface area contributed by atoms with E-state index in [2.05, 4.69) is 66.6 Å². The summed E-state index contributed by atoms with van der Waals surface area (Å²) >= 11 is 0. The number of allylic oxidation sites excluding steroid dienone is 9. The molecule has 2 saturated carbocycles. The third-order valence-electron chi connectivity index (χ3n) is 14.4. The molecule has 0 aromatic heterocycles. The Morgan fingerprint density at radius 1 is 1.16 bits per heavy atom. The van der Waals surface area contributed by atoms with Crippen LogP contribution in [-0.4, -0.2) is 120 Å². The first-order chi connectivity index (χ1) is 29.2. The molecule has 0 radical (unpaired) electrons. The van der Waals surface area contributed by atoms with Crippen molar-refractivity contribution in [2.24, 2.45) is 35.0 Å². The van der Waals surface area contributed by atoms with Crippen LogP contribution in [0.2, 0.25) is 0 Å². The zero-order valence-electron chi connectivity index (χ0n) is 37.2. The molecule has 1 spiro atoms. The molecule has 1 aromatic carbocycles. The quantitative estimate of drug-likeness (QED) is 0.0446. The number of methoxy groups -OCH3 is 1. The summed E-state index contributed by atoms with van der Waals surface area (Å²) in [4.78, 5) is 12.4. The maximum absolute atomic E-state index is 12.9. The molecule has 3 aliphatic carbocycles. The molecule has 4 bridgehead atoms. The molecular weight excluding hydrogens is 773 g/mol. The zero-order valence-corrected chi connectivity index (χ0v) is 37.2. The van der Waals surface area contributed by atoms with E-state index in [0.29, 0.717) is 57.2 Å². The first kappa shape index (κ1) is 49.0. The van der Waals surface area contributed by atoms with E-state index in [1.807, 2.05) is 39.1 Å². The number of ether oxygens (including phenoxy) is 2. The number of nitrogens with one attached hydrogen (secondary N) is 2. The molecular formula is C50H74N2O9. The summed E-state index contributed by atoms with van der Waals surface area (Å²) < 4.78 is 11.4. The second-order valence-corrected chi connectivity index (χ2v) is 18.6. The number of rotatable bonds is 18. The van der Waals surface area contributed by atoms with Crippen LogP contribution in [0, 0.1) is 35.0 Å². The first-order valence-electron chi connectivity index (χ1n) is 22.3. The van der Waals surface area contributed by atoms with Crippen LogP contribution in [0.4, 0.5) is 0 Å². The number of aliphatic hydroxyl groups is 6. The molecule has 0 amide bonds. The topological polar surface area (TPSA) is 181 Å². The van der Waals surface area contributed by atoms with Crippen molar-refractivity contribution in [3.05, 3.63) is 106 Å². The fourth-order valence-electron chi connectivity index (χ4n) is 11.1. The van der Waals surface area contributed by atoms with Crippen LogP contribution in [0.5, 0.6) is 0 Å². The van der Waals surface area contributed by atoms with Gasteiger partial charge in [-0.3, -0.25) is 10.1 Å². The summed E-state index contributed by atoms with van der Waals surface area (Å²) in [5.74, 6) is -1.12. The van der Waals surface area contributed by atoms with Crippen molar-refractivity contribution in [3.63, 3.8) is 0 Å². The Hall–Kier alpha value is -3.07. The van der Waals surface area contributed by atoms with Crippen molar-refractivity contribution in [1.29, 1.82) is 0 Å². The van der Waals surface area contributed by atoms with Gasteiger partial charge < -0.3 is 45.4 Å². The molecule has 61 heavy (non-hydrogen) atoms. The van der Waals surface area contributed by atoms with Gasteiger partial charge in [-0.05, 0) is 138 Å². The molecule has 11 atom stereocenters.